The molecule has 2 N–H and O–H groups in total. The van der Waals surface area contributed by atoms with Gasteiger partial charge in [0.25, 0.3) is 5.91 Å². The number of aryl methyl sites for hydroxylation is 1. The summed E-state index contributed by atoms with van der Waals surface area (Å²) in [5.74, 6) is 0.548. The highest BCUT2D eigenvalue weighted by atomic mass is 127. The van der Waals surface area contributed by atoms with E-state index in [1.807, 2.05) is 53.9 Å². The van der Waals surface area contributed by atoms with Crippen molar-refractivity contribution in [3.05, 3.63) is 138 Å². The van der Waals surface area contributed by atoms with Gasteiger partial charge in [0, 0.05) is 22.2 Å². The molecule has 218 valence electrons. The first-order valence-electron chi connectivity index (χ1n) is 13.7. The Hall–Kier alpha value is -3.81. The average Bonchev–Trinajstić information content (AvgIpc) is 3.50. The molecule has 1 heterocycles. The predicted molar refractivity (Wildman–Crippen MR) is 197 cm³/mol. The second-order valence-electron chi connectivity index (χ2n) is 10.1. The molecule has 6 nitrogen and oxygen atoms in total. The number of fused-ring (bicyclic) bond motifs is 1. The van der Waals surface area contributed by atoms with Crippen molar-refractivity contribution in [2.75, 3.05) is 5.32 Å². The summed E-state index contributed by atoms with van der Waals surface area (Å²) in [4.78, 5) is 17.4. The number of hydrazone groups is 1. The number of hydrogen-bond acceptors (Lipinski definition) is 6. The van der Waals surface area contributed by atoms with Gasteiger partial charge in [-0.2, -0.15) is 5.10 Å². The maximum Gasteiger partial charge on any atom is 0.271 e. The van der Waals surface area contributed by atoms with E-state index in [2.05, 4.69) is 115 Å². The monoisotopic (exact) mass is 820 g/mol. The Bertz CT molecular complexity index is 1950. The molecule has 0 saturated heterocycles. The average molecular weight is 820 g/mol. The highest BCUT2D eigenvalue weighted by molar-refractivity contribution is 14.1. The number of anilines is 2. The smallest absolute Gasteiger partial charge is 0.271 e. The largest absolute Gasteiger partial charge is 0.487 e. The topological polar surface area (TPSA) is 75.6 Å². The molecule has 0 radical (unpaired) electrons. The van der Waals surface area contributed by atoms with E-state index < -0.39 is 0 Å². The lowest BCUT2D eigenvalue weighted by Gasteiger charge is -2.12. The van der Waals surface area contributed by atoms with Crippen molar-refractivity contribution in [2.45, 2.75) is 13.5 Å². The van der Waals surface area contributed by atoms with Gasteiger partial charge in [-0.05, 0) is 116 Å². The molecule has 0 saturated carbocycles. The number of carbonyl (C=O) groups is 1. The Balaban J connectivity index is 1.04. The first-order chi connectivity index (χ1) is 21.4. The third kappa shape index (κ3) is 7.45. The van der Waals surface area contributed by atoms with Crippen LogP contribution in [0.25, 0.3) is 22.0 Å². The van der Waals surface area contributed by atoms with Crippen molar-refractivity contribution in [3.8, 4) is 17.0 Å². The number of rotatable bonds is 9. The van der Waals surface area contributed by atoms with Gasteiger partial charge in [-0.25, -0.2) is 10.4 Å². The third-order valence-corrected chi connectivity index (χ3v) is 9.21. The van der Waals surface area contributed by atoms with E-state index >= 15 is 0 Å². The maximum absolute atomic E-state index is 12.7. The summed E-state index contributed by atoms with van der Waals surface area (Å²) in [6.45, 7) is 2.54. The van der Waals surface area contributed by atoms with Crippen LogP contribution in [0.2, 0.25) is 0 Å². The Morgan fingerprint density at radius 2 is 1.64 bits per heavy atom. The molecule has 44 heavy (non-hydrogen) atoms. The minimum absolute atomic E-state index is 0.285. The summed E-state index contributed by atoms with van der Waals surface area (Å²) in [7, 11) is 0. The number of benzene rings is 5. The van der Waals surface area contributed by atoms with Crippen LogP contribution < -0.4 is 15.5 Å². The lowest BCUT2D eigenvalue weighted by atomic mass is 10.1. The van der Waals surface area contributed by atoms with Gasteiger partial charge in [0.2, 0.25) is 0 Å². The van der Waals surface area contributed by atoms with Crippen LogP contribution in [0.3, 0.4) is 0 Å². The van der Waals surface area contributed by atoms with Crippen LogP contribution in [-0.2, 0) is 6.61 Å². The van der Waals surface area contributed by atoms with Gasteiger partial charge in [-0.15, -0.1) is 11.3 Å². The van der Waals surface area contributed by atoms with Crippen LogP contribution in [0.5, 0.6) is 5.75 Å². The van der Waals surface area contributed by atoms with E-state index in [4.69, 9.17) is 4.74 Å². The zero-order valence-electron chi connectivity index (χ0n) is 23.6. The molecule has 0 atom stereocenters. The number of carbonyl (C=O) groups excluding carboxylic acids is 1. The molecule has 6 aromatic rings. The summed E-state index contributed by atoms with van der Waals surface area (Å²) >= 11 is 6.08. The Labute approximate surface area is 286 Å². The molecule has 0 aliphatic rings. The summed E-state index contributed by atoms with van der Waals surface area (Å²) in [5, 5.41) is 12.7. The molecule has 1 amide bonds. The number of halogens is 2. The van der Waals surface area contributed by atoms with Crippen LogP contribution >= 0.6 is 56.5 Å². The van der Waals surface area contributed by atoms with E-state index in [0.29, 0.717) is 12.2 Å². The standard InChI is InChI=1S/C35H26I2N4O2S/c1-22-6-14-29(15-7-22)39-35-40-32(21-44-35)26-10-12-27(13-11-26)34(42)41-38-19-24-17-30(36)33(31(37)18-24)43-20-23-8-9-25-4-2-3-5-28(25)16-23/h2-19,21H,20H2,1H3,(H,39,40)(H,41,42)/b38-19-. The zero-order chi connectivity index (χ0) is 30.5. The lowest BCUT2D eigenvalue weighted by molar-refractivity contribution is 0.0955. The van der Waals surface area contributed by atoms with Crippen LogP contribution in [-0.4, -0.2) is 17.1 Å². The molecule has 0 bridgehead atoms. The van der Waals surface area contributed by atoms with Crippen LogP contribution in [0.1, 0.15) is 27.0 Å². The fourth-order valence-electron chi connectivity index (χ4n) is 4.52. The van der Waals surface area contributed by atoms with Crippen LogP contribution in [0, 0.1) is 14.1 Å². The second kappa shape index (κ2) is 13.9. The number of hydrogen-bond donors (Lipinski definition) is 2. The van der Waals surface area contributed by atoms with Crippen molar-refractivity contribution in [3.63, 3.8) is 0 Å². The summed E-state index contributed by atoms with van der Waals surface area (Å²) in [6, 6.07) is 34.2. The van der Waals surface area contributed by atoms with E-state index in [1.54, 1.807) is 18.3 Å². The highest BCUT2D eigenvalue weighted by Crippen LogP contribution is 2.30. The molecular formula is C35H26I2N4O2S. The first kappa shape index (κ1) is 30.2. The molecular weight excluding hydrogens is 794 g/mol. The maximum atomic E-state index is 12.7. The Morgan fingerprint density at radius 3 is 2.39 bits per heavy atom. The van der Waals surface area contributed by atoms with Crippen LogP contribution in [0.15, 0.2) is 114 Å². The van der Waals surface area contributed by atoms with Crippen LogP contribution in [0.4, 0.5) is 10.8 Å². The molecule has 9 heteroatoms. The fraction of sp³-hybridized carbons (Fsp3) is 0.0571. The predicted octanol–water partition coefficient (Wildman–Crippen LogP) is 9.57. The fourth-order valence-corrected chi connectivity index (χ4v) is 7.39. The van der Waals surface area contributed by atoms with Gasteiger partial charge in [0.15, 0.2) is 5.13 Å². The highest BCUT2D eigenvalue weighted by Gasteiger charge is 2.11. The van der Waals surface area contributed by atoms with Crippen molar-refractivity contribution in [2.24, 2.45) is 5.10 Å². The zero-order valence-corrected chi connectivity index (χ0v) is 28.7. The third-order valence-electron chi connectivity index (χ3n) is 6.85. The summed E-state index contributed by atoms with van der Waals surface area (Å²) in [5.41, 5.74) is 9.11. The number of nitrogens with zero attached hydrogens (tertiary/aromatic N) is 2. The minimum Gasteiger partial charge on any atom is -0.487 e. The molecule has 0 aliphatic carbocycles. The molecule has 0 fully saturated rings. The quantitative estimate of drug-likeness (QED) is 0.0867. The minimum atomic E-state index is -0.285. The molecule has 1 aromatic heterocycles. The summed E-state index contributed by atoms with van der Waals surface area (Å²) in [6.07, 6.45) is 1.64. The van der Waals surface area contributed by atoms with Gasteiger partial charge in [0.1, 0.15) is 12.4 Å². The molecule has 5 aromatic carbocycles. The lowest BCUT2D eigenvalue weighted by Crippen LogP contribution is -2.17. The van der Waals surface area contributed by atoms with Gasteiger partial charge in [0.05, 0.1) is 19.0 Å². The van der Waals surface area contributed by atoms with E-state index in [1.165, 1.54) is 27.7 Å². The summed E-state index contributed by atoms with van der Waals surface area (Å²) < 4.78 is 8.14. The van der Waals surface area contributed by atoms with Gasteiger partial charge in [-0.3, -0.25) is 4.79 Å². The number of amides is 1. The molecule has 0 aliphatic heterocycles. The van der Waals surface area contributed by atoms with Crippen molar-refractivity contribution in [1.29, 1.82) is 0 Å². The van der Waals surface area contributed by atoms with E-state index in [9.17, 15) is 4.79 Å². The molecule has 0 unspecified atom stereocenters. The second-order valence-corrected chi connectivity index (χ2v) is 13.3. The number of ether oxygens (including phenoxy) is 1. The van der Waals surface area contributed by atoms with E-state index in [0.717, 1.165) is 46.1 Å². The van der Waals surface area contributed by atoms with Crippen molar-refractivity contribution in [1.82, 2.24) is 10.4 Å². The normalized spacial score (nSPS) is 11.2. The van der Waals surface area contributed by atoms with Gasteiger partial charge in [-0.1, -0.05) is 66.2 Å². The van der Waals surface area contributed by atoms with Crippen molar-refractivity contribution < 1.29 is 9.53 Å². The molecule has 0 spiro atoms. The van der Waals surface area contributed by atoms with Gasteiger partial charge >= 0.3 is 0 Å². The number of nitrogens with one attached hydrogen (secondary N) is 2. The number of thiazole rings is 1. The van der Waals surface area contributed by atoms with E-state index in [-0.39, 0.29) is 5.91 Å². The number of aromatic nitrogens is 1. The Kier molecular flexibility index (Phi) is 9.53. The van der Waals surface area contributed by atoms with Gasteiger partial charge < -0.3 is 10.1 Å². The SMILES string of the molecule is Cc1ccc(Nc2nc(-c3ccc(C(=O)N/N=C\c4cc(I)c(OCc5ccc6ccccc6c5)c(I)c4)cc3)cs2)cc1. The van der Waals surface area contributed by atoms with Crippen molar-refractivity contribution >= 4 is 90.2 Å². The Morgan fingerprint density at radius 1 is 0.909 bits per heavy atom. The molecule has 6 rings (SSSR count). The first-order valence-corrected chi connectivity index (χ1v) is 16.8.